The van der Waals surface area contributed by atoms with E-state index in [-0.39, 0.29) is 11.3 Å². The third kappa shape index (κ3) is 5.57. The molecular formula is C13H17NOS. The molecule has 0 bridgehead atoms. The van der Waals surface area contributed by atoms with E-state index >= 15 is 0 Å². The average Bonchev–Trinajstić information content (AvgIpc) is 2.63. The Kier molecular flexibility index (Phi) is 4.57. The van der Waals surface area contributed by atoms with Crippen LogP contribution in [0.5, 0.6) is 0 Å². The van der Waals surface area contributed by atoms with Gasteiger partial charge in [-0.3, -0.25) is 4.79 Å². The van der Waals surface area contributed by atoms with E-state index in [2.05, 4.69) is 17.2 Å². The third-order valence-corrected chi connectivity index (χ3v) is 2.51. The maximum atomic E-state index is 11.5. The molecule has 0 atom stereocenters. The second kappa shape index (κ2) is 5.72. The normalized spacial score (nSPS) is 10.4. The minimum Gasteiger partial charge on any atom is -0.345 e. The largest absolute Gasteiger partial charge is 0.345 e. The van der Waals surface area contributed by atoms with E-state index in [0.717, 1.165) is 5.56 Å². The van der Waals surface area contributed by atoms with Crippen molar-refractivity contribution in [3.63, 3.8) is 0 Å². The highest BCUT2D eigenvalue weighted by Gasteiger charge is 2.04. The molecule has 0 aliphatic rings. The fraction of sp³-hybridized carbons (Fsp3) is 0.462. The van der Waals surface area contributed by atoms with E-state index in [0.29, 0.717) is 13.0 Å². The molecule has 0 saturated carbocycles. The van der Waals surface area contributed by atoms with Crippen LogP contribution in [0.25, 0.3) is 0 Å². The first kappa shape index (κ1) is 12.8. The molecule has 3 heteroatoms. The Bertz CT molecular complexity index is 390. The number of hydrogen-bond donors (Lipinski definition) is 1. The van der Waals surface area contributed by atoms with Crippen LogP contribution in [-0.2, 0) is 11.2 Å². The molecule has 1 aromatic rings. The van der Waals surface area contributed by atoms with Crippen LogP contribution in [0.15, 0.2) is 16.8 Å². The van der Waals surface area contributed by atoms with Gasteiger partial charge < -0.3 is 5.32 Å². The Morgan fingerprint density at radius 1 is 1.50 bits per heavy atom. The Labute approximate surface area is 101 Å². The lowest BCUT2D eigenvalue weighted by Crippen LogP contribution is -2.25. The summed E-state index contributed by atoms with van der Waals surface area (Å²) in [6, 6.07) is 1.96. The predicted molar refractivity (Wildman–Crippen MR) is 68.3 cm³/mol. The van der Waals surface area contributed by atoms with Crippen LogP contribution >= 0.6 is 11.3 Å². The molecule has 0 saturated heterocycles. The second-order valence-electron chi connectivity index (χ2n) is 4.64. The van der Waals surface area contributed by atoms with Crippen LogP contribution in [-0.4, -0.2) is 12.5 Å². The minimum absolute atomic E-state index is 0.00190. The zero-order valence-corrected chi connectivity index (χ0v) is 10.8. The average molecular weight is 235 g/mol. The fourth-order valence-electron chi connectivity index (χ4n) is 1.09. The predicted octanol–water partition coefficient (Wildman–Crippen LogP) is 2.46. The van der Waals surface area contributed by atoms with Crippen molar-refractivity contribution in [3.8, 4) is 11.8 Å². The number of amides is 1. The Hall–Kier alpha value is -1.27. The van der Waals surface area contributed by atoms with Crippen molar-refractivity contribution in [1.82, 2.24) is 5.32 Å². The Morgan fingerprint density at radius 3 is 2.81 bits per heavy atom. The number of carbonyl (C=O) groups is 1. The molecule has 0 aliphatic carbocycles. The van der Waals surface area contributed by atoms with Crippen molar-refractivity contribution in [1.29, 1.82) is 0 Å². The molecule has 1 rings (SSSR count). The maximum Gasteiger partial charge on any atom is 0.225 e. The molecule has 1 aromatic heterocycles. The zero-order valence-electron chi connectivity index (χ0n) is 9.96. The van der Waals surface area contributed by atoms with E-state index < -0.39 is 0 Å². The first-order valence-corrected chi connectivity index (χ1v) is 6.19. The number of nitrogens with one attached hydrogen (secondary N) is 1. The van der Waals surface area contributed by atoms with E-state index in [1.807, 2.05) is 37.6 Å². The lowest BCUT2D eigenvalue weighted by atomic mass is 9.98. The summed E-state index contributed by atoms with van der Waals surface area (Å²) in [6.07, 6.45) is 0.445. The van der Waals surface area contributed by atoms with Gasteiger partial charge in [-0.25, -0.2) is 0 Å². The summed E-state index contributed by atoms with van der Waals surface area (Å²) in [5, 5.41) is 6.75. The topological polar surface area (TPSA) is 29.1 Å². The van der Waals surface area contributed by atoms with Crippen molar-refractivity contribution in [2.24, 2.45) is 5.41 Å². The van der Waals surface area contributed by atoms with E-state index in [1.165, 1.54) is 0 Å². The zero-order chi connectivity index (χ0) is 12.0. The van der Waals surface area contributed by atoms with Crippen molar-refractivity contribution >= 4 is 17.2 Å². The van der Waals surface area contributed by atoms with E-state index in [4.69, 9.17) is 0 Å². The van der Waals surface area contributed by atoms with Gasteiger partial charge in [0.15, 0.2) is 0 Å². The molecule has 0 unspecified atom stereocenters. The van der Waals surface area contributed by atoms with Gasteiger partial charge in [0.2, 0.25) is 5.91 Å². The molecule has 1 N–H and O–H groups in total. The molecule has 0 radical (unpaired) electrons. The van der Waals surface area contributed by atoms with Crippen molar-refractivity contribution in [3.05, 3.63) is 22.4 Å². The SMILES string of the molecule is CC(C)(C)C#CCNC(=O)Cc1ccsc1. The highest BCUT2D eigenvalue weighted by atomic mass is 32.1. The highest BCUT2D eigenvalue weighted by Crippen LogP contribution is 2.09. The minimum atomic E-state index is -0.00190. The number of thiophene rings is 1. The first-order valence-electron chi connectivity index (χ1n) is 5.25. The smallest absolute Gasteiger partial charge is 0.225 e. The molecule has 1 amide bonds. The van der Waals surface area contributed by atoms with Gasteiger partial charge in [0, 0.05) is 5.41 Å². The molecule has 0 aromatic carbocycles. The van der Waals surface area contributed by atoms with Crippen LogP contribution in [0.1, 0.15) is 26.3 Å². The molecule has 1 heterocycles. The lowest BCUT2D eigenvalue weighted by molar-refractivity contribution is -0.120. The van der Waals surface area contributed by atoms with Gasteiger partial charge in [-0.05, 0) is 43.2 Å². The second-order valence-corrected chi connectivity index (χ2v) is 5.42. The summed E-state index contributed by atoms with van der Waals surface area (Å²) in [6.45, 7) is 6.58. The molecule has 0 spiro atoms. The first-order chi connectivity index (χ1) is 7.47. The van der Waals surface area contributed by atoms with Gasteiger partial charge in [-0.15, -0.1) is 0 Å². The van der Waals surface area contributed by atoms with Gasteiger partial charge >= 0.3 is 0 Å². The molecule has 86 valence electrons. The molecule has 16 heavy (non-hydrogen) atoms. The van der Waals surface area contributed by atoms with E-state index in [1.54, 1.807) is 11.3 Å². The summed E-state index contributed by atoms with van der Waals surface area (Å²) < 4.78 is 0. The van der Waals surface area contributed by atoms with Gasteiger partial charge in [-0.2, -0.15) is 11.3 Å². The standard InChI is InChI=1S/C13H17NOS/c1-13(2,3)6-4-7-14-12(15)9-11-5-8-16-10-11/h5,8,10H,7,9H2,1-3H3,(H,14,15). The fourth-order valence-corrected chi connectivity index (χ4v) is 1.76. The Balaban J connectivity index is 2.28. The third-order valence-electron chi connectivity index (χ3n) is 1.78. The summed E-state index contributed by atoms with van der Waals surface area (Å²) in [7, 11) is 0. The van der Waals surface area contributed by atoms with Gasteiger partial charge in [0.25, 0.3) is 0 Å². The van der Waals surface area contributed by atoms with Crippen LogP contribution in [0.2, 0.25) is 0 Å². The van der Waals surface area contributed by atoms with Gasteiger partial charge in [0.05, 0.1) is 13.0 Å². The molecule has 2 nitrogen and oxygen atoms in total. The van der Waals surface area contributed by atoms with Crippen molar-refractivity contribution in [2.75, 3.05) is 6.54 Å². The van der Waals surface area contributed by atoms with Crippen LogP contribution in [0.4, 0.5) is 0 Å². The molecule has 0 aliphatic heterocycles. The van der Waals surface area contributed by atoms with Crippen molar-refractivity contribution < 1.29 is 4.79 Å². The number of hydrogen-bond acceptors (Lipinski definition) is 2. The monoisotopic (exact) mass is 235 g/mol. The van der Waals surface area contributed by atoms with Gasteiger partial charge in [-0.1, -0.05) is 11.8 Å². The summed E-state index contributed by atoms with van der Waals surface area (Å²) in [4.78, 5) is 11.5. The van der Waals surface area contributed by atoms with Crippen LogP contribution in [0, 0.1) is 17.3 Å². The summed E-state index contributed by atoms with van der Waals surface area (Å²) >= 11 is 1.61. The van der Waals surface area contributed by atoms with Crippen LogP contribution < -0.4 is 5.32 Å². The number of rotatable bonds is 3. The van der Waals surface area contributed by atoms with E-state index in [9.17, 15) is 4.79 Å². The van der Waals surface area contributed by atoms with Crippen molar-refractivity contribution in [2.45, 2.75) is 27.2 Å². The summed E-state index contributed by atoms with van der Waals surface area (Å²) in [5.41, 5.74) is 1.06. The highest BCUT2D eigenvalue weighted by molar-refractivity contribution is 7.07. The molecular weight excluding hydrogens is 218 g/mol. The number of carbonyl (C=O) groups excluding carboxylic acids is 1. The lowest BCUT2D eigenvalue weighted by Gasteiger charge is -2.07. The Morgan fingerprint density at radius 2 is 2.25 bits per heavy atom. The maximum absolute atomic E-state index is 11.5. The van der Waals surface area contributed by atoms with Crippen LogP contribution in [0.3, 0.4) is 0 Å². The van der Waals surface area contributed by atoms with Gasteiger partial charge in [0.1, 0.15) is 0 Å². The molecule has 0 fully saturated rings. The quantitative estimate of drug-likeness (QED) is 0.801. The summed E-state index contributed by atoms with van der Waals surface area (Å²) in [5.74, 6) is 6.06.